The van der Waals surface area contributed by atoms with Crippen LogP contribution < -0.4 is 21.0 Å². The molecule has 3 rings (SSSR count). The molecule has 2 amide bonds. The number of para-hydroxylation sites is 2. The Labute approximate surface area is 177 Å². The molecule has 3 aromatic rings. The minimum Gasteiger partial charge on any atom is -0.495 e. The highest BCUT2D eigenvalue weighted by Gasteiger charge is 2.17. The molecular formula is C20H23N5O4S. The molecular weight excluding hydrogens is 406 g/mol. The number of aromatic amines is 1. The van der Waals surface area contributed by atoms with Crippen LogP contribution in [0.15, 0.2) is 40.3 Å². The molecule has 0 unspecified atom stereocenters. The summed E-state index contributed by atoms with van der Waals surface area (Å²) in [7, 11) is 1.52. The summed E-state index contributed by atoms with van der Waals surface area (Å²) in [6.45, 7) is 3.69. The smallest absolute Gasteiger partial charge is 0.297 e. The largest absolute Gasteiger partial charge is 0.495 e. The molecule has 0 saturated heterocycles. The molecule has 0 atom stereocenters. The zero-order valence-corrected chi connectivity index (χ0v) is 17.8. The van der Waals surface area contributed by atoms with Crippen LogP contribution in [0.4, 0.5) is 5.69 Å². The van der Waals surface area contributed by atoms with Crippen LogP contribution in [0.5, 0.6) is 5.75 Å². The molecule has 2 heterocycles. The van der Waals surface area contributed by atoms with Gasteiger partial charge in [-0.3, -0.25) is 19.8 Å². The molecule has 0 aliphatic rings. The minimum atomic E-state index is -0.426. The number of fused-ring (bicyclic) bond motifs is 1. The van der Waals surface area contributed by atoms with E-state index in [1.54, 1.807) is 30.3 Å². The van der Waals surface area contributed by atoms with Gasteiger partial charge in [0.1, 0.15) is 11.3 Å². The molecule has 0 radical (unpaired) electrons. The number of aromatic nitrogens is 3. The SMILES string of the molecule is CCCC(=O)Nn1c(SCC(=O)Nc2ccccc2OC)nc2cc(C)[nH]c2c1=O. The van der Waals surface area contributed by atoms with Gasteiger partial charge in [0.05, 0.1) is 24.1 Å². The second kappa shape index (κ2) is 9.49. The predicted octanol–water partition coefficient (Wildman–Crippen LogP) is 2.64. The lowest BCUT2D eigenvalue weighted by Gasteiger charge is -2.13. The fraction of sp³-hybridized carbons (Fsp3) is 0.300. The van der Waals surface area contributed by atoms with Gasteiger partial charge in [-0.2, -0.15) is 4.68 Å². The van der Waals surface area contributed by atoms with Crippen LogP contribution in [0, 0.1) is 6.92 Å². The third-order valence-electron chi connectivity index (χ3n) is 4.18. The molecule has 0 bridgehead atoms. The lowest BCUT2D eigenvalue weighted by molar-refractivity contribution is -0.117. The zero-order valence-electron chi connectivity index (χ0n) is 16.9. The maximum atomic E-state index is 12.9. The van der Waals surface area contributed by atoms with E-state index in [-0.39, 0.29) is 29.1 Å². The monoisotopic (exact) mass is 429 g/mol. The second-order valence-electron chi connectivity index (χ2n) is 6.57. The number of hydrogen-bond acceptors (Lipinski definition) is 6. The Hall–Kier alpha value is -3.27. The summed E-state index contributed by atoms with van der Waals surface area (Å²) in [5.41, 5.74) is 4.25. The first-order valence-corrected chi connectivity index (χ1v) is 10.4. The summed E-state index contributed by atoms with van der Waals surface area (Å²) in [6, 6.07) is 8.81. The van der Waals surface area contributed by atoms with Crippen molar-refractivity contribution in [3.05, 3.63) is 46.4 Å². The van der Waals surface area contributed by atoms with E-state index in [2.05, 4.69) is 20.7 Å². The topological polar surface area (TPSA) is 118 Å². The minimum absolute atomic E-state index is 0.0109. The number of rotatable bonds is 8. The molecule has 2 aromatic heterocycles. The van der Waals surface area contributed by atoms with Crippen LogP contribution in [0.1, 0.15) is 25.5 Å². The Morgan fingerprint density at radius 3 is 2.77 bits per heavy atom. The molecule has 1 aromatic carbocycles. The average Bonchev–Trinajstić information content (AvgIpc) is 3.10. The molecule has 0 fully saturated rings. The number of anilines is 1. The highest BCUT2D eigenvalue weighted by Crippen LogP contribution is 2.24. The molecule has 158 valence electrons. The molecule has 9 nitrogen and oxygen atoms in total. The van der Waals surface area contributed by atoms with Gasteiger partial charge in [-0.15, -0.1) is 0 Å². The number of thioether (sulfide) groups is 1. The quantitative estimate of drug-likeness (QED) is 0.374. The Morgan fingerprint density at radius 2 is 2.03 bits per heavy atom. The number of benzene rings is 1. The van der Waals surface area contributed by atoms with Crippen molar-refractivity contribution in [2.45, 2.75) is 31.8 Å². The average molecular weight is 430 g/mol. The molecule has 3 N–H and O–H groups in total. The van der Waals surface area contributed by atoms with Gasteiger partial charge in [0.15, 0.2) is 5.16 Å². The third kappa shape index (κ3) is 4.82. The molecule has 0 aliphatic carbocycles. The van der Waals surface area contributed by atoms with Crippen LogP contribution in [-0.4, -0.2) is 39.3 Å². The number of carbonyl (C=O) groups excluding carboxylic acids is 2. The van der Waals surface area contributed by atoms with E-state index in [0.29, 0.717) is 28.9 Å². The highest BCUT2D eigenvalue weighted by molar-refractivity contribution is 7.99. The van der Waals surface area contributed by atoms with E-state index in [9.17, 15) is 14.4 Å². The Bertz CT molecular complexity index is 1140. The second-order valence-corrected chi connectivity index (χ2v) is 7.51. The fourth-order valence-electron chi connectivity index (χ4n) is 2.84. The van der Waals surface area contributed by atoms with Crippen molar-refractivity contribution in [2.24, 2.45) is 0 Å². The van der Waals surface area contributed by atoms with Crippen LogP contribution in [0.2, 0.25) is 0 Å². The lowest BCUT2D eigenvalue weighted by atomic mass is 10.3. The van der Waals surface area contributed by atoms with Gasteiger partial charge >= 0.3 is 0 Å². The molecule has 30 heavy (non-hydrogen) atoms. The molecule has 10 heteroatoms. The molecule has 0 spiro atoms. The normalized spacial score (nSPS) is 10.8. The van der Waals surface area contributed by atoms with Gasteiger partial charge in [0.25, 0.3) is 5.56 Å². The maximum absolute atomic E-state index is 12.9. The van der Waals surface area contributed by atoms with Crippen molar-refractivity contribution in [1.82, 2.24) is 14.6 Å². The van der Waals surface area contributed by atoms with E-state index in [1.807, 2.05) is 13.8 Å². The summed E-state index contributed by atoms with van der Waals surface area (Å²) >= 11 is 1.06. The number of H-pyrrole nitrogens is 1. The van der Waals surface area contributed by atoms with Crippen LogP contribution in [0.3, 0.4) is 0 Å². The first kappa shape index (κ1) is 21.4. The van der Waals surface area contributed by atoms with E-state index in [0.717, 1.165) is 22.1 Å². The van der Waals surface area contributed by atoms with E-state index in [4.69, 9.17) is 4.74 Å². The van der Waals surface area contributed by atoms with Gasteiger partial charge < -0.3 is 15.0 Å². The Kier molecular flexibility index (Phi) is 6.78. The van der Waals surface area contributed by atoms with E-state index in [1.165, 1.54) is 7.11 Å². The van der Waals surface area contributed by atoms with E-state index < -0.39 is 5.56 Å². The first-order valence-electron chi connectivity index (χ1n) is 9.40. The zero-order chi connectivity index (χ0) is 21.7. The van der Waals surface area contributed by atoms with Gasteiger partial charge in [0.2, 0.25) is 11.8 Å². The number of carbonyl (C=O) groups is 2. The number of aryl methyl sites for hydroxylation is 1. The fourth-order valence-corrected chi connectivity index (χ4v) is 3.60. The number of methoxy groups -OCH3 is 1. The number of ether oxygens (including phenoxy) is 1. The van der Waals surface area contributed by atoms with Crippen molar-refractivity contribution < 1.29 is 14.3 Å². The highest BCUT2D eigenvalue weighted by atomic mass is 32.2. The maximum Gasteiger partial charge on any atom is 0.297 e. The third-order valence-corrected chi connectivity index (χ3v) is 5.12. The summed E-state index contributed by atoms with van der Waals surface area (Å²) in [4.78, 5) is 44.8. The van der Waals surface area contributed by atoms with Gasteiger partial charge in [-0.05, 0) is 31.5 Å². The molecule has 0 saturated carbocycles. The Morgan fingerprint density at radius 1 is 1.27 bits per heavy atom. The van der Waals surface area contributed by atoms with Crippen molar-refractivity contribution >= 4 is 40.3 Å². The predicted molar refractivity (Wildman–Crippen MR) is 117 cm³/mol. The number of nitrogens with zero attached hydrogens (tertiary/aromatic N) is 2. The number of hydrogen-bond donors (Lipinski definition) is 3. The first-order chi connectivity index (χ1) is 14.4. The summed E-state index contributed by atoms with van der Waals surface area (Å²) < 4.78 is 6.33. The molecule has 0 aliphatic heterocycles. The Balaban J connectivity index is 1.84. The summed E-state index contributed by atoms with van der Waals surface area (Å²) in [5, 5.41) is 3.00. The van der Waals surface area contributed by atoms with Crippen LogP contribution >= 0.6 is 11.8 Å². The standard InChI is InChI=1S/C20H23N5O4S/c1-4-7-16(26)24-25-19(28)18-14(10-12(2)21-18)23-20(25)30-11-17(27)22-13-8-5-6-9-15(13)29-3/h5-6,8-10,21H,4,7,11H2,1-3H3,(H,22,27)(H,24,26). The van der Waals surface area contributed by atoms with Crippen molar-refractivity contribution in [3.8, 4) is 5.75 Å². The lowest BCUT2D eigenvalue weighted by Crippen LogP contribution is -2.35. The van der Waals surface area contributed by atoms with Gasteiger partial charge in [-0.1, -0.05) is 30.8 Å². The van der Waals surface area contributed by atoms with Crippen LogP contribution in [0.25, 0.3) is 11.0 Å². The van der Waals surface area contributed by atoms with Gasteiger partial charge in [0, 0.05) is 12.1 Å². The summed E-state index contributed by atoms with van der Waals surface area (Å²) in [5.74, 6) is -0.0647. The van der Waals surface area contributed by atoms with Crippen molar-refractivity contribution in [3.63, 3.8) is 0 Å². The number of nitrogens with one attached hydrogen (secondary N) is 3. The van der Waals surface area contributed by atoms with E-state index >= 15 is 0 Å². The van der Waals surface area contributed by atoms with Crippen molar-refractivity contribution in [1.29, 1.82) is 0 Å². The van der Waals surface area contributed by atoms with Crippen LogP contribution in [-0.2, 0) is 9.59 Å². The van der Waals surface area contributed by atoms with Crippen molar-refractivity contribution in [2.75, 3.05) is 23.6 Å². The summed E-state index contributed by atoms with van der Waals surface area (Å²) in [6.07, 6.45) is 0.911. The number of amides is 2. The van der Waals surface area contributed by atoms with Gasteiger partial charge in [-0.25, -0.2) is 4.98 Å².